The molecule has 0 saturated heterocycles. The molecule has 1 heterocycles. The monoisotopic (exact) mass is 605 g/mol. The van der Waals surface area contributed by atoms with E-state index in [-0.39, 0.29) is 17.9 Å². The molecule has 0 fully saturated rings. The van der Waals surface area contributed by atoms with E-state index in [9.17, 15) is 41.8 Å². The maximum Gasteiger partial charge on any atom is 0.305 e. The fraction of sp³-hybridized carbons (Fsp3) is 0.367. The van der Waals surface area contributed by atoms with Crippen LogP contribution in [0.3, 0.4) is 0 Å². The molecule has 0 radical (unpaired) electrons. The van der Waals surface area contributed by atoms with Gasteiger partial charge in [0.05, 0.1) is 12.1 Å². The second kappa shape index (κ2) is 13.2. The minimum atomic E-state index is -1.90. The second-order valence-corrected chi connectivity index (χ2v) is 11.0. The molecule has 1 unspecified atom stereocenters. The summed E-state index contributed by atoms with van der Waals surface area (Å²) in [5.41, 5.74) is 1.90. The smallest absolute Gasteiger partial charge is 0.305 e. The minimum Gasteiger partial charge on any atom is -0.481 e. The predicted octanol–water partition coefficient (Wildman–Crippen LogP) is 4.17. The van der Waals surface area contributed by atoms with Crippen molar-refractivity contribution < 1.29 is 41.8 Å². The number of amides is 1. The molecule has 43 heavy (non-hydrogen) atoms. The number of halogens is 4. The Morgan fingerprint density at radius 3 is 2.21 bits per heavy atom. The summed E-state index contributed by atoms with van der Waals surface area (Å²) in [6.45, 7) is 7.83. The van der Waals surface area contributed by atoms with Crippen molar-refractivity contribution in [3.63, 3.8) is 0 Å². The summed E-state index contributed by atoms with van der Waals surface area (Å²) in [5, 5.41) is 15.6. The first kappa shape index (κ1) is 33.0. The third kappa shape index (κ3) is 7.85. The number of carbonyl (C=O) groups excluding carboxylic acids is 2. The number of nitrogens with one attached hydrogen (secondary N) is 1. The first-order valence-corrected chi connectivity index (χ1v) is 13.2. The molecule has 0 bridgehead atoms. The summed E-state index contributed by atoms with van der Waals surface area (Å²) in [7, 11) is 0. The van der Waals surface area contributed by atoms with Crippen LogP contribution in [0.1, 0.15) is 62.5 Å². The van der Waals surface area contributed by atoms with Gasteiger partial charge in [-0.2, -0.15) is 13.9 Å². The average molecular weight is 606 g/mol. The fourth-order valence-electron chi connectivity index (χ4n) is 4.45. The van der Waals surface area contributed by atoms with E-state index in [2.05, 4.69) is 15.2 Å². The molecule has 230 valence electrons. The molecule has 0 aliphatic heterocycles. The minimum absolute atomic E-state index is 0.0514. The number of benzene rings is 2. The number of ether oxygens (including phenoxy) is 1. The number of Topliss-reactive ketones (excluding diaryl/α,β-unsaturated/α-hetero) is 1. The third-order valence-electron chi connectivity index (χ3n) is 6.60. The van der Waals surface area contributed by atoms with Crippen LogP contribution in [-0.4, -0.2) is 45.2 Å². The van der Waals surface area contributed by atoms with Crippen LogP contribution in [0.4, 0.5) is 17.6 Å². The maximum atomic E-state index is 13.9. The van der Waals surface area contributed by atoms with E-state index in [0.29, 0.717) is 11.3 Å². The van der Waals surface area contributed by atoms with Crippen molar-refractivity contribution in [2.45, 2.75) is 65.0 Å². The number of carboxylic acids is 1. The van der Waals surface area contributed by atoms with Gasteiger partial charge in [0.25, 0.3) is 5.56 Å². The Balaban J connectivity index is 1.84. The number of aliphatic carboxylic acids is 1. The number of aromatic nitrogens is 2. The SMILES string of the molecule is Cc1cc(Cc2ccccc2C(C)(C)C)c(=O)n(C(C)C(=O)N[C@@H](CC(=O)O)C(=O)COc2c(F)c(F)cc(F)c2F)n1. The number of carboxylic acid groups (broad SMARTS) is 1. The summed E-state index contributed by atoms with van der Waals surface area (Å²) in [5.74, 6) is -12.5. The van der Waals surface area contributed by atoms with E-state index in [1.54, 1.807) is 13.0 Å². The number of ketones is 1. The van der Waals surface area contributed by atoms with Gasteiger partial charge >= 0.3 is 5.97 Å². The molecular weight excluding hydrogens is 574 g/mol. The van der Waals surface area contributed by atoms with Gasteiger partial charge in [0.2, 0.25) is 17.5 Å². The van der Waals surface area contributed by atoms with Gasteiger partial charge in [-0.3, -0.25) is 19.2 Å². The summed E-state index contributed by atoms with van der Waals surface area (Å²) in [6, 6.07) is 6.07. The quantitative estimate of drug-likeness (QED) is 0.248. The summed E-state index contributed by atoms with van der Waals surface area (Å²) < 4.78 is 60.3. The Hall–Kier alpha value is -4.55. The molecule has 2 aromatic carbocycles. The van der Waals surface area contributed by atoms with Gasteiger partial charge in [-0.25, -0.2) is 13.5 Å². The van der Waals surface area contributed by atoms with E-state index in [4.69, 9.17) is 0 Å². The number of aryl methyl sites for hydroxylation is 1. The first-order valence-electron chi connectivity index (χ1n) is 13.2. The second-order valence-electron chi connectivity index (χ2n) is 11.0. The number of nitrogens with zero attached hydrogens (tertiary/aromatic N) is 2. The molecule has 3 aromatic rings. The van der Waals surface area contributed by atoms with Crippen LogP contribution in [-0.2, 0) is 26.2 Å². The lowest BCUT2D eigenvalue weighted by atomic mass is 9.82. The Labute approximate surface area is 244 Å². The third-order valence-corrected chi connectivity index (χ3v) is 6.60. The van der Waals surface area contributed by atoms with Gasteiger partial charge in [-0.05, 0) is 36.5 Å². The molecule has 2 atom stereocenters. The Morgan fingerprint density at radius 1 is 1.02 bits per heavy atom. The normalized spacial score (nSPS) is 12.9. The Bertz CT molecular complexity index is 1590. The van der Waals surface area contributed by atoms with Crippen molar-refractivity contribution in [1.82, 2.24) is 15.1 Å². The van der Waals surface area contributed by atoms with Gasteiger partial charge in [-0.1, -0.05) is 45.0 Å². The highest BCUT2D eigenvalue weighted by Crippen LogP contribution is 2.28. The van der Waals surface area contributed by atoms with Gasteiger partial charge in [0.1, 0.15) is 18.7 Å². The average Bonchev–Trinajstić information content (AvgIpc) is 2.92. The van der Waals surface area contributed by atoms with Gasteiger partial charge < -0.3 is 15.2 Å². The van der Waals surface area contributed by atoms with Gasteiger partial charge in [0.15, 0.2) is 23.2 Å². The lowest BCUT2D eigenvalue weighted by molar-refractivity contribution is -0.140. The molecule has 0 aliphatic rings. The molecule has 1 aromatic heterocycles. The highest BCUT2D eigenvalue weighted by Gasteiger charge is 2.30. The summed E-state index contributed by atoms with van der Waals surface area (Å²) >= 11 is 0. The highest BCUT2D eigenvalue weighted by molar-refractivity contribution is 5.93. The van der Waals surface area contributed by atoms with E-state index >= 15 is 0 Å². The summed E-state index contributed by atoms with van der Waals surface area (Å²) in [6.07, 6.45) is -0.719. The Morgan fingerprint density at radius 2 is 1.63 bits per heavy atom. The van der Waals surface area contributed by atoms with Crippen LogP contribution in [0.2, 0.25) is 0 Å². The number of hydrogen-bond donors (Lipinski definition) is 2. The zero-order chi connectivity index (χ0) is 32.2. The van der Waals surface area contributed by atoms with Crippen LogP contribution in [0.5, 0.6) is 5.75 Å². The zero-order valence-corrected chi connectivity index (χ0v) is 24.1. The highest BCUT2D eigenvalue weighted by atomic mass is 19.2. The molecule has 0 spiro atoms. The standard InChI is InChI=1S/C30H31F4N3O6/c1-15-10-18(11-17-8-6-7-9-19(17)30(3,4)5)29(42)37(36-15)16(2)28(41)35-22(13-24(39)40)23(38)14-43-27-25(33)20(31)12-21(32)26(27)34/h6-10,12,16,22H,11,13-14H2,1-5H3,(H,35,41)(H,39,40)/t16?,22-/m0/s1. The summed E-state index contributed by atoms with van der Waals surface area (Å²) in [4.78, 5) is 50.6. The first-order chi connectivity index (χ1) is 20.0. The van der Waals surface area contributed by atoms with Crippen molar-refractivity contribution in [3.8, 4) is 5.75 Å². The number of carbonyl (C=O) groups is 3. The van der Waals surface area contributed by atoms with E-state index in [1.807, 2.05) is 45.0 Å². The van der Waals surface area contributed by atoms with Crippen LogP contribution in [0, 0.1) is 30.2 Å². The molecule has 2 N–H and O–H groups in total. The topological polar surface area (TPSA) is 128 Å². The van der Waals surface area contributed by atoms with Crippen LogP contribution in [0.25, 0.3) is 0 Å². The lowest BCUT2D eigenvalue weighted by Crippen LogP contribution is -2.48. The molecule has 1 amide bonds. The van der Waals surface area contributed by atoms with Crippen LogP contribution >= 0.6 is 0 Å². The van der Waals surface area contributed by atoms with Crippen LogP contribution in [0.15, 0.2) is 41.2 Å². The molecule has 0 aliphatic carbocycles. The number of rotatable bonds is 11. The molecule has 3 rings (SSSR count). The maximum absolute atomic E-state index is 13.9. The molecular formula is C30H31F4N3O6. The Kier molecular flexibility index (Phi) is 10.1. The fourth-order valence-corrected chi connectivity index (χ4v) is 4.45. The van der Waals surface area contributed by atoms with Gasteiger partial charge in [-0.15, -0.1) is 0 Å². The van der Waals surface area contributed by atoms with Crippen molar-refractivity contribution in [3.05, 3.63) is 92.4 Å². The zero-order valence-electron chi connectivity index (χ0n) is 24.1. The van der Waals surface area contributed by atoms with Crippen molar-refractivity contribution >= 4 is 17.7 Å². The molecule has 0 saturated carbocycles. The van der Waals surface area contributed by atoms with Crippen molar-refractivity contribution in [1.29, 1.82) is 0 Å². The largest absolute Gasteiger partial charge is 0.481 e. The van der Waals surface area contributed by atoms with Gasteiger partial charge in [0, 0.05) is 18.1 Å². The lowest BCUT2D eigenvalue weighted by Gasteiger charge is -2.23. The molecule has 13 heteroatoms. The van der Waals surface area contributed by atoms with Crippen molar-refractivity contribution in [2.75, 3.05) is 6.61 Å². The van der Waals surface area contributed by atoms with E-state index in [1.165, 1.54) is 6.92 Å². The van der Waals surface area contributed by atoms with Crippen molar-refractivity contribution in [2.24, 2.45) is 0 Å². The van der Waals surface area contributed by atoms with E-state index in [0.717, 1.165) is 15.8 Å². The molecule has 9 nitrogen and oxygen atoms in total. The van der Waals surface area contributed by atoms with E-state index < -0.39 is 77.3 Å². The van der Waals surface area contributed by atoms with Crippen LogP contribution < -0.4 is 15.6 Å². The number of hydrogen-bond acceptors (Lipinski definition) is 6. The predicted molar refractivity (Wildman–Crippen MR) is 147 cm³/mol.